The Morgan fingerprint density at radius 1 is 0.950 bits per heavy atom. The molecule has 2 rings (SSSR count). The van der Waals surface area contributed by atoms with Crippen molar-refractivity contribution in [3.05, 3.63) is 71.3 Å². The summed E-state index contributed by atoms with van der Waals surface area (Å²) in [5, 5.41) is 3.43. The average molecular weight is 275 g/mol. The third kappa shape index (κ3) is 4.14. The van der Waals surface area contributed by atoms with E-state index >= 15 is 0 Å². The van der Waals surface area contributed by atoms with Crippen molar-refractivity contribution in [1.82, 2.24) is 5.32 Å². The van der Waals surface area contributed by atoms with E-state index in [1.165, 1.54) is 18.2 Å². The molecular formula is C17H19F2N. The Balaban J connectivity index is 1.93. The van der Waals surface area contributed by atoms with Crippen LogP contribution in [0.25, 0.3) is 0 Å². The lowest BCUT2D eigenvalue weighted by Gasteiger charge is -2.20. The molecule has 2 aromatic rings. The fourth-order valence-electron chi connectivity index (χ4n) is 2.33. The molecule has 0 radical (unpaired) electrons. The van der Waals surface area contributed by atoms with Crippen LogP contribution in [0.4, 0.5) is 8.78 Å². The Morgan fingerprint density at radius 2 is 1.65 bits per heavy atom. The van der Waals surface area contributed by atoms with Crippen LogP contribution >= 0.6 is 0 Å². The van der Waals surface area contributed by atoms with Gasteiger partial charge in [-0.15, -0.1) is 0 Å². The SMILES string of the molecule is CC(Cc1ccc(F)cc1)N[C@@H](C)c1cccc(F)c1. The molecular weight excluding hydrogens is 256 g/mol. The first kappa shape index (κ1) is 14.7. The zero-order valence-corrected chi connectivity index (χ0v) is 11.7. The summed E-state index contributed by atoms with van der Waals surface area (Å²) < 4.78 is 26.0. The maximum atomic E-state index is 13.2. The van der Waals surface area contributed by atoms with Crippen LogP contribution in [0.5, 0.6) is 0 Å². The van der Waals surface area contributed by atoms with Gasteiger partial charge in [0, 0.05) is 12.1 Å². The van der Waals surface area contributed by atoms with Crippen LogP contribution in [0.3, 0.4) is 0 Å². The molecule has 106 valence electrons. The molecule has 20 heavy (non-hydrogen) atoms. The van der Waals surface area contributed by atoms with Crippen LogP contribution in [0, 0.1) is 11.6 Å². The normalized spacial score (nSPS) is 14.0. The van der Waals surface area contributed by atoms with Crippen LogP contribution in [-0.2, 0) is 6.42 Å². The van der Waals surface area contributed by atoms with E-state index in [2.05, 4.69) is 12.2 Å². The van der Waals surface area contributed by atoms with Gasteiger partial charge >= 0.3 is 0 Å². The molecule has 2 aromatic carbocycles. The van der Waals surface area contributed by atoms with Crippen LogP contribution in [0.15, 0.2) is 48.5 Å². The Morgan fingerprint density at radius 3 is 2.30 bits per heavy atom. The van der Waals surface area contributed by atoms with E-state index in [1.54, 1.807) is 24.3 Å². The summed E-state index contributed by atoms with van der Waals surface area (Å²) in [5.41, 5.74) is 2.01. The zero-order valence-electron chi connectivity index (χ0n) is 11.7. The molecule has 0 spiro atoms. The molecule has 3 heteroatoms. The minimum atomic E-state index is -0.220. The Labute approximate surface area is 118 Å². The molecule has 0 aliphatic heterocycles. The van der Waals surface area contributed by atoms with Crippen LogP contribution in [-0.4, -0.2) is 6.04 Å². The predicted octanol–water partition coefficient (Wildman–Crippen LogP) is 4.25. The highest BCUT2D eigenvalue weighted by Crippen LogP contribution is 2.15. The lowest BCUT2D eigenvalue weighted by molar-refractivity contribution is 0.475. The van der Waals surface area contributed by atoms with Gasteiger partial charge < -0.3 is 5.32 Å². The molecule has 0 fully saturated rings. The van der Waals surface area contributed by atoms with E-state index in [0.29, 0.717) is 0 Å². The number of rotatable bonds is 5. The van der Waals surface area contributed by atoms with Gasteiger partial charge in [-0.05, 0) is 55.7 Å². The Bertz CT molecular complexity index is 551. The van der Waals surface area contributed by atoms with Gasteiger partial charge in [0.15, 0.2) is 0 Å². The summed E-state index contributed by atoms with van der Waals surface area (Å²) in [5.74, 6) is -0.440. The van der Waals surface area contributed by atoms with Crippen molar-refractivity contribution in [2.75, 3.05) is 0 Å². The summed E-state index contributed by atoms with van der Waals surface area (Å²) in [4.78, 5) is 0. The number of nitrogens with one attached hydrogen (secondary N) is 1. The standard InChI is InChI=1S/C17H19F2N/c1-12(10-14-6-8-16(18)9-7-14)20-13(2)15-4-3-5-17(19)11-15/h3-9,11-13,20H,10H2,1-2H3/t12?,13-/m0/s1. The average Bonchev–Trinajstić information content (AvgIpc) is 2.41. The Kier molecular flexibility index (Phi) is 4.85. The Hall–Kier alpha value is -1.74. The highest BCUT2D eigenvalue weighted by atomic mass is 19.1. The molecule has 0 saturated heterocycles. The minimum Gasteiger partial charge on any atom is -0.307 e. The van der Waals surface area contributed by atoms with Gasteiger partial charge in [-0.3, -0.25) is 0 Å². The molecule has 0 aliphatic rings. The fourth-order valence-corrected chi connectivity index (χ4v) is 2.33. The summed E-state index contributed by atoms with van der Waals surface area (Å²) >= 11 is 0. The first-order chi connectivity index (χ1) is 9.54. The summed E-state index contributed by atoms with van der Waals surface area (Å²) in [7, 11) is 0. The maximum absolute atomic E-state index is 13.2. The van der Waals surface area contributed by atoms with Crippen LogP contribution in [0.1, 0.15) is 31.0 Å². The molecule has 2 atom stereocenters. The van der Waals surface area contributed by atoms with Crippen molar-refractivity contribution in [2.45, 2.75) is 32.4 Å². The van der Waals surface area contributed by atoms with Gasteiger partial charge in [-0.1, -0.05) is 24.3 Å². The quantitative estimate of drug-likeness (QED) is 0.860. The third-order valence-electron chi connectivity index (χ3n) is 3.34. The number of halogens is 2. The number of benzene rings is 2. The summed E-state index contributed by atoms with van der Waals surface area (Å²) in [6.07, 6.45) is 0.805. The smallest absolute Gasteiger partial charge is 0.123 e. The largest absolute Gasteiger partial charge is 0.307 e. The van der Waals surface area contributed by atoms with Crippen molar-refractivity contribution < 1.29 is 8.78 Å². The van der Waals surface area contributed by atoms with E-state index in [0.717, 1.165) is 17.5 Å². The number of hydrogen-bond acceptors (Lipinski definition) is 1. The van der Waals surface area contributed by atoms with E-state index in [4.69, 9.17) is 0 Å². The van der Waals surface area contributed by atoms with Gasteiger partial charge in [0.1, 0.15) is 11.6 Å². The molecule has 1 unspecified atom stereocenters. The third-order valence-corrected chi connectivity index (χ3v) is 3.34. The second-order valence-electron chi connectivity index (χ2n) is 5.17. The molecule has 0 heterocycles. The first-order valence-electron chi connectivity index (χ1n) is 6.80. The van der Waals surface area contributed by atoms with Crippen molar-refractivity contribution in [3.8, 4) is 0 Å². The highest BCUT2D eigenvalue weighted by Gasteiger charge is 2.10. The van der Waals surface area contributed by atoms with E-state index < -0.39 is 0 Å². The second kappa shape index (κ2) is 6.62. The fraction of sp³-hybridized carbons (Fsp3) is 0.294. The van der Waals surface area contributed by atoms with Gasteiger partial charge in [0.25, 0.3) is 0 Å². The lowest BCUT2D eigenvalue weighted by Crippen LogP contribution is -2.30. The van der Waals surface area contributed by atoms with E-state index in [-0.39, 0.29) is 23.7 Å². The summed E-state index contributed by atoms with van der Waals surface area (Å²) in [6, 6.07) is 13.4. The minimum absolute atomic E-state index is 0.0705. The monoisotopic (exact) mass is 275 g/mol. The molecule has 0 saturated carbocycles. The summed E-state index contributed by atoms with van der Waals surface area (Å²) in [6.45, 7) is 4.08. The number of hydrogen-bond donors (Lipinski definition) is 1. The zero-order chi connectivity index (χ0) is 14.5. The van der Waals surface area contributed by atoms with E-state index in [9.17, 15) is 8.78 Å². The van der Waals surface area contributed by atoms with Crippen molar-refractivity contribution >= 4 is 0 Å². The van der Waals surface area contributed by atoms with Crippen molar-refractivity contribution in [2.24, 2.45) is 0 Å². The van der Waals surface area contributed by atoms with Crippen LogP contribution in [0.2, 0.25) is 0 Å². The van der Waals surface area contributed by atoms with Crippen LogP contribution < -0.4 is 5.32 Å². The van der Waals surface area contributed by atoms with Crippen molar-refractivity contribution in [1.29, 1.82) is 0 Å². The first-order valence-corrected chi connectivity index (χ1v) is 6.80. The van der Waals surface area contributed by atoms with E-state index in [1.807, 2.05) is 13.0 Å². The molecule has 0 amide bonds. The predicted molar refractivity (Wildman–Crippen MR) is 77.5 cm³/mol. The molecule has 0 bridgehead atoms. The topological polar surface area (TPSA) is 12.0 Å². The van der Waals surface area contributed by atoms with Gasteiger partial charge in [0.2, 0.25) is 0 Å². The van der Waals surface area contributed by atoms with Gasteiger partial charge in [-0.25, -0.2) is 8.78 Å². The molecule has 1 N–H and O–H groups in total. The molecule has 0 aromatic heterocycles. The second-order valence-corrected chi connectivity index (χ2v) is 5.17. The lowest BCUT2D eigenvalue weighted by atomic mass is 10.0. The maximum Gasteiger partial charge on any atom is 0.123 e. The molecule has 1 nitrogen and oxygen atoms in total. The van der Waals surface area contributed by atoms with Gasteiger partial charge in [0.05, 0.1) is 0 Å². The van der Waals surface area contributed by atoms with Gasteiger partial charge in [-0.2, -0.15) is 0 Å². The van der Waals surface area contributed by atoms with Crippen molar-refractivity contribution in [3.63, 3.8) is 0 Å². The highest BCUT2D eigenvalue weighted by molar-refractivity contribution is 5.20. The molecule has 0 aliphatic carbocycles.